The van der Waals surface area contributed by atoms with Crippen molar-refractivity contribution in [3.8, 4) is 0 Å². The number of anilines is 1. The van der Waals surface area contributed by atoms with Crippen LogP contribution in [-0.4, -0.2) is 33.9 Å². The van der Waals surface area contributed by atoms with Crippen LogP contribution in [0.3, 0.4) is 0 Å². The molecule has 0 fully saturated rings. The van der Waals surface area contributed by atoms with Gasteiger partial charge in [-0.15, -0.1) is 0 Å². The standard InChI is InChI=1S/C12H18N4O3/c1-8(2)19-4-3-18-7-16-6-14-11-9(16)5-10(13)15-12(11)17/h5-6,8H,3-4,7H2,1-2H3,(H3,13,15,17). The maximum atomic E-state index is 11.6. The number of ether oxygens (including phenoxy) is 2. The zero-order chi connectivity index (χ0) is 13.8. The summed E-state index contributed by atoms with van der Waals surface area (Å²) in [6.45, 7) is 5.27. The van der Waals surface area contributed by atoms with Crippen molar-refractivity contribution in [2.24, 2.45) is 0 Å². The van der Waals surface area contributed by atoms with E-state index in [0.717, 1.165) is 0 Å². The predicted octanol–water partition coefficient (Wildman–Crippen LogP) is 0.706. The number of nitrogens with two attached hydrogens (primary N) is 1. The molecule has 2 heterocycles. The van der Waals surface area contributed by atoms with E-state index >= 15 is 0 Å². The molecule has 104 valence electrons. The van der Waals surface area contributed by atoms with Gasteiger partial charge in [-0.3, -0.25) is 4.79 Å². The summed E-state index contributed by atoms with van der Waals surface area (Å²) < 4.78 is 12.6. The largest absolute Gasteiger partial charge is 0.385 e. The molecule has 0 bridgehead atoms. The highest BCUT2D eigenvalue weighted by atomic mass is 16.5. The Morgan fingerprint density at radius 2 is 2.26 bits per heavy atom. The van der Waals surface area contributed by atoms with Crippen molar-refractivity contribution in [3.63, 3.8) is 0 Å². The van der Waals surface area contributed by atoms with Crippen LogP contribution in [0.4, 0.5) is 5.82 Å². The van der Waals surface area contributed by atoms with E-state index in [4.69, 9.17) is 15.2 Å². The van der Waals surface area contributed by atoms with Crippen molar-refractivity contribution in [2.75, 3.05) is 18.9 Å². The van der Waals surface area contributed by atoms with Gasteiger partial charge in [-0.2, -0.15) is 0 Å². The van der Waals surface area contributed by atoms with Crippen molar-refractivity contribution >= 4 is 16.9 Å². The molecule has 0 aliphatic carbocycles. The van der Waals surface area contributed by atoms with Crippen LogP contribution in [-0.2, 0) is 16.2 Å². The molecule has 0 aromatic carbocycles. The van der Waals surface area contributed by atoms with E-state index < -0.39 is 0 Å². The number of pyridine rings is 1. The maximum absolute atomic E-state index is 11.6. The third kappa shape index (κ3) is 3.33. The fourth-order valence-corrected chi connectivity index (χ4v) is 1.70. The predicted molar refractivity (Wildman–Crippen MR) is 71.8 cm³/mol. The van der Waals surface area contributed by atoms with E-state index in [9.17, 15) is 4.79 Å². The second-order valence-electron chi connectivity index (χ2n) is 4.46. The molecule has 2 rings (SSSR count). The zero-order valence-electron chi connectivity index (χ0n) is 11.0. The SMILES string of the molecule is CC(C)OCCOCn1cnc2c(=O)[nH]c(N)cc21. The van der Waals surface area contributed by atoms with Gasteiger partial charge in [0.05, 0.1) is 31.2 Å². The molecule has 3 N–H and O–H groups in total. The Hall–Kier alpha value is -1.86. The summed E-state index contributed by atoms with van der Waals surface area (Å²) in [5.74, 6) is 0.308. The number of fused-ring (bicyclic) bond motifs is 1. The van der Waals surface area contributed by atoms with E-state index in [1.54, 1.807) is 17.0 Å². The molecule has 0 aliphatic rings. The molecule has 7 heteroatoms. The van der Waals surface area contributed by atoms with E-state index in [-0.39, 0.29) is 11.7 Å². The minimum atomic E-state index is -0.295. The maximum Gasteiger partial charge on any atom is 0.277 e. The van der Waals surface area contributed by atoms with Gasteiger partial charge in [0, 0.05) is 6.07 Å². The lowest BCUT2D eigenvalue weighted by Crippen LogP contribution is -2.12. The fourth-order valence-electron chi connectivity index (χ4n) is 1.70. The van der Waals surface area contributed by atoms with Crippen molar-refractivity contribution in [2.45, 2.75) is 26.7 Å². The Morgan fingerprint density at radius 1 is 1.47 bits per heavy atom. The van der Waals surface area contributed by atoms with E-state index in [2.05, 4.69) is 9.97 Å². The number of aromatic amines is 1. The van der Waals surface area contributed by atoms with Gasteiger partial charge in [-0.1, -0.05) is 0 Å². The fraction of sp³-hybridized carbons (Fsp3) is 0.500. The van der Waals surface area contributed by atoms with Gasteiger partial charge in [0.25, 0.3) is 5.56 Å². The Labute approximate surface area is 110 Å². The lowest BCUT2D eigenvalue weighted by Gasteiger charge is -2.09. The van der Waals surface area contributed by atoms with Crippen LogP contribution >= 0.6 is 0 Å². The van der Waals surface area contributed by atoms with Crippen LogP contribution in [0.15, 0.2) is 17.2 Å². The number of imidazole rings is 1. The molecule has 0 aliphatic heterocycles. The molecule has 0 atom stereocenters. The first-order chi connectivity index (χ1) is 9.08. The smallest absolute Gasteiger partial charge is 0.277 e. The third-order valence-corrected chi connectivity index (χ3v) is 2.55. The number of H-pyrrole nitrogens is 1. The van der Waals surface area contributed by atoms with Crippen molar-refractivity contribution in [1.82, 2.24) is 14.5 Å². The van der Waals surface area contributed by atoms with Gasteiger partial charge in [-0.05, 0) is 13.8 Å². The lowest BCUT2D eigenvalue weighted by atomic mass is 10.4. The minimum Gasteiger partial charge on any atom is -0.385 e. The van der Waals surface area contributed by atoms with Crippen molar-refractivity contribution < 1.29 is 9.47 Å². The molecule has 2 aromatic heterocycles. The van der Waals surface area contributed by atoms with Crippen LogP contribution in [0.25, 0.3) is 11.0 Å². The monoisotopic (exact) mass is 266 g/mol. The van der Waals surface area contributed by atoms with Gasteiger partial charge in [0.2, 0.25) is 0 Å². The van der Waals surface area contributed by atoms with E-state index in [1.807, 2.05) is 13.8 Å². The lowest BCUT2D eigenvalue weighted by molar-refractivity contribution is -0.000556. The minimum absolute atomic E-state index is 0.191. The normalized spacial score (nSPS) is 11.5. The number of rotatable bonds is 6. The zero-order valence-corrected chi connectivity index (χ0v) is 11.0. The number of aromatic nitrogens is 3. The van der Waals surface area contributed by atoms with E-state index in [0.29, 0.717) is 36.8 Å². The average molecular weight is 266 g/mol. The first-order valence-corrected chi connectivity index (χ1v) is 6.11. The highest BCUT2D eigenvalue weighted by Gasteiger charge is 2.07. The Balaban J connectivity index is 2.00. The van der Waals surface area contributed by atoms with E-state index in [1.165, 1.54) is 0 Å². The first-order valence-electron chi connectivity index (χ1n) is 6.11. The summed E-state index contributed by atoms with van der Waals surface area (Å²) in [4.78, 5) is 18.1. The van der Waals surface area contributed by atoms with Crippen LogP contribution in [0.1, 0.15) is 13.8 Å². The molecule has 0 amide bonds. The van der Waals surface area contributed by atoms with Gasteiger partial charge < -0.3 is 24.8 Å². The highest BCUT2D eigenvalue weighted by molar-refractivity contribution is 5.76. The van der Waals surface area contributed by atoms with Crippen LogP contribution < -0.4 is 11.3 Å². The first kappa shape index (κ1) is 13.6. The summed E-state index contributed by atoms with van der Waals surface area (Å²) in [6, 6.07) is 1.66. The Kier molecular flexibility index (Phi) is 4.18. The number of hydrogen-bond acceptors (Lipinski definition) is 5. The molecule has 0 unspecified atom stereocenters. The van der Waals surface area contributed by atoms with Crippen molar-refractivity contribution in [3.05, 3.63) is 22.7 Å². The topological polar surface area (TPSA) is 95.2 Å². The summed E-state index contributed by atoms with van der Waals surface area (Å²) >= 11 is 0. The summed E-state index contributed by atoms with van der Waals surface area (Å²) in [7, 11) is 0. The average Bonchev–Trinajstić information content (AvgIpc) is 2.72. The molecule has 7 nitrogen and oxygen atoms in total. The second-order valence-corrected chi connectivity index (χ2v) is 4.46. The molecular weight excluding hydrogens is 248 g/mol. The molecular formula is C12H18N4O3. The molecule has 0 spiro atoms. The van der Waals surface area contributed by atoms with Gasteiger partial charge in [-0.25, -0.2) is 4.98 Å². The third-order valence-electron chi connectivity index (χ3n) is 2.55. The number of nitrogens with one attached hydrogen (secondary N) is 1. The van der Waals surface area contributed by atoms with Crippen molar-refractivity contribution in [1.29, 1.82) is 0 Å². The number of nitrogen functional groups attached to an aromatic ring is 1. The van der Waals surface area contributed by atoms with Gasteiger partial charge in [0.15, 0.2) is 5.52 Å². The summed E-state index contributed by atoms with van der Waals surface area (Å²) in [5.41, 5.74) is 6.33. The molecule has 0 radical (unpaired) electrons. The summed E-state index contributed by atoms with van der Waals surface area (Å²) in [5, 5.41) is 0. The number of nitrogens with zero attached hydrogens (tertiary/aromatic N) is 2. The Bertz CT molecular complexity index is 603. The van der Waals surface area contributed by atoms with Gasteiger partial charge >= 0.3 is 0 Å². The second kappa shape index (κ2) is 5.85. The van der Waals surface area contributed by atoms with Gasteiger partial charge in [0.1, 0.15) is 12.5 Å². The number of hydrogen-bond donors (Lipinski definition) is 2. The Morgan fingerprint density at radius 3 is 3.00 bits per heavy atom. The highest BCUT2D eigenvalue weighted by Crippen LogP contribution is 2.10. The molecule has 0 saturated heterocycles. The summed E-state index contributed by atoms with van der Waals surface area (Å²) in [6.07, 6.45) is 1.75. The molecule has 2 aromatic rings. The van der Waals surface area contributed by atoms with Crippen LogP contribution in [0, 0.1) is 0 Å². The molecule has 0 saturated carbocycles. The van der Waals surface area contributed by atoms with Crippen LogP contribution in [0.5, 0.6) is 0 Å². The van der Waals surface area contributed by atoms with Crippen LogP contribution in [0.2, 0.25) is 0 Å². The quantitative estimate of drug-likeness (QED) is 0.751. The molecule has 19 heavy (non-hydrogen) atoms.